The highest BCUT2D eigenvalue weighted by atomic mass is 19.2. The van der Waals surface area contributed by atoms with Crippen LogP contribution in [0.25, 0.3) is 11.1 Å². The Balaban J connectivity index is 1.53. The van der Waals surface area contributed by atoms with Crippen molar-refractivity contribution < 1.29 is 23.0 Å². The number of halogens is 2. The molecule has 0 radical (unpaired) electrons. The molecule has 0 bridgehead atoms. The minimum absolute atomic E-state index is 0.261. The molecule has 38 heavy (non-hydrogen) atoms. The van der Waals surface area contributed by atoms with Crippen LogP contribution in [0.3, 0.4) is 0 Å². The van der Waals surface area contributed by atoms with Gasteiger partial charge in [0.2, 0.25) is 5.82 Å². The zero-order valence-corrected chi connectivity index (χ0v) is 22.7. The second-order valence-electron chi connectivity index (χ2n) is 9.77. The monoisotopic (exact) mass is 522 g/mol. The van der Waals surface area contributed by atoms with Crippen LogP contribution in [0.15, 0.2) is 60.7 Å². The Morgan fingerprint density at radius 3 is 1.87 bits per heavy atom. The van der Waals surface area contributed by atoms with Crippen LogP contribution >= 0.6 is 0 Å². The number of aryl methyl sites for hydroxylation is 1. The van der Waals surface area contributed by atoms with Gasteiger partial charge in [0.25, 0.3) is 0 Å². The molecule has 3 nitrogen and oxygen atoms in total. The number of rotatable bonds is 16. The standard InChI is InChI=1S/C33H40F2O3/c1-3-5-7-9-11-13-27-20-23-30(32(35)31(27)34)38-33(36)28-16-14-25(15-17-28)26-18-21-29(22-19-26)37-24-12-10-8-6-4-2/h14-23H,3-13,24H2,1-2H3. The molecule has 0 heterocycles. The maximum Gasteiger partial charge on any atom is 0.343 e. The molecule has 0 amide bonds. The highest BCUT2D eigenvalue weighted by Crippen LogP contribution is 2.26. The molecule has 0 fully saturated rings. The molecule has 0 unspecified atom stereocenters. The number of carbonyl (C=O) groups is 1. The lowest BCUT2D eigenvalue weighted by Gasteiger charge is -2.10. The summed E-state index contributed by atoms with van der Waals surface area (Å²) in [4.78, 5) is 12.6. The van der Waals surface area contributed by atoms with Gasteiger partial charge >= 0.3 is 5.97 Å². The molecule has 0 aliphatic carbocycles. The summed E-state index contributed by atoms with van der Waals surface area (Å²) in [6.45, 7) is 5.05. The predicted octanol–water partition coefficient (Wildman–Crippen LogP) is 9.71. The summed E-state index contributed by atoms with van der Waals surface area (Å²) in [7, 11) is 0. The average Bonchev–Trinajstić information content (AvgIpc) is 2.94. The lowest BCUT2D eigenvalue weighted by molar-refractivity contribution is 0.0726. The molecule has 3 rings (SSSR count). The summed E-state index contributed by atoms with van der Waals surface area (Å²) >= 11 is 0. The van der Waals surface area contributed by atoms with E-state index in [4.69, 9.17) is 9.47 Å². The number of unbranched alkanes of at least 4 members (excludes halogenated alkanes) is 8. The van der Waals surface area contributed by atoms with Crippen LogP contribution in [0.5, 0.6) is 11.5 Å². The summed E-state index contributed by atoms with van der Waals surface area (Å²) in [6, 6.07) is 17.5. The fourth-order valence-electron chi connectivity index (χ4n) is 4.36. The van der Waals surface area contributed by atoms with Gasteiger partial charge in [0.15, 0.2) is 11.6 Å². The largest absolute Gasteiger partial charge is 0.494 e. The van der Waals surface area contributed by atoms with Crippen molar-refractivity contribution in [3.05, 3.63) is 83.4 Å². The van der Waals surface area contributed by atoms with E-state index < -0.39 is 23.4 Å². The van der Waals surface area contributed by atoms with E-state index in [2.05, 4.69) is 13.8 Å². The molecule has 204 valence electrons. The maximum atomic E-state index is 14.6. The van der Waals surface area contributed by atoms with Crippen molar-refractivity contribution in [3.8, 4) is 22.6 Å². The summed E-state index contributed by atoms with van der Waals surface area (Å²) in [5.41, 5.74) is 2.48. The van der Waals surface area contributed by atoms with Gasteiger partial charge in [-0.05, 0) is 66.3 Å². The number of carbonyl (C=O) groups excluding carboxylic acids is 1. The SMILES string of the molecule is CCCCCCCOc1ccc(-c2ccc(C(=O)Oc3ccc(CCCCCCC)c(F)c3F)cc2)cc1. The van der Waals surface area contributed by atoms with Crippen LogP contribution in [0.1, 0.15) is 94.0 Å². The van der Waals surface area contributed by atoms with E-state index in [0.717, 1.165) is 55.4 Å². The average molecular weight is 523 g/mol. The van der Waals surface area contributed by atoms with Crippen molar-refractivity contribution in [1.29, 1.82) is 0 Å². The molecule has 5 heteroatoms. The third kappa shape index (κ3) is 8.97. The molecule has 0 saturated carbocycles. The Bertz CT molecular complexity index is 1120. The van der Waals surface area contributed by atoms with Gasteiger partial charge in [0, 0.05) is 0 Å². The minimum atomic E-state index is -1.12. The van der Waals surface area contributed by atoms with Crippen molar-refractivity contribution >= 4 is 5.97 Å². The van der Waals surface area contributed by atoms with Crippen LogP contribution < -0.4 is 9.47 Å². The molecule has 0 saturated heterocycles. The normalized spacial score (nSPS) is 10.9. The van der Waals surface area contributed by atoms with Crippen LogP contribution in [0, 0.1) is 11.6 Å². The molecular formula is C33H40F2O3. The fraction of sp³-hybridized carbons (Fsp3) is 0.424. The van der Waals surface area contributed by atoms with E-state index in [-0.39, 0.29) is 5.56 Å². The first-order valence-corrected chi connectivity index (χ1v) is 14.1. The number of ether oxygens (including phenoxy) is 2. The highest BCUT2D eigenvalue weighted by Gasteiger charge is 2.18. The lowest BCUT2D eigenvalue weighted by Crippen LogP contribution is -2.10. The third-order valence-electron chi connectivity index (χ3n) is 6.70. The predicted molar refractivity (Wildman–Crippen MR) is 150 cm³/mol. The molecule has 0 aliphatic rings. The van der Waals surface area contributed by atoms with Gasteiger partial charge in [0.1, 0.15) is 5.75 Å². The molecule has 0 spiro atoms. The topological polar surface area (TPSA) is 35.5 Å². The molecular weight excluding hydrogens is 482 g/mol. The van der Waals surface area contributed by atoms with Gasteiger partial charge in [-0.15, -0.1) is 0 Å². The first-order chi connectivity index (χ1) is 18.5. The Morgan fingerprint density at radius 2 is 1.24 bits per heavy atom. The quantitative estimate of drug-likeness (QED) is 0.107. The Morgan fingerprint density at radius 1 is 0.658 bits per heavy atom. The summed E-state index contributed by atoms with van der Waals surface area (Å²) in [6.07, 6.45) is 11.6. The third-order valence-corrected chi connectivity index (χ3v) is 6.70. The zero-order chi connectivity index (χ0) is 27.2. The zero-order valence-electron chi connectivity index (χ0n) is 22.7. The van der Waals surface area contributed by atoms with Crippen LogP contribution in [0.2, 0.25) is 0 Å². The van der Waals surface area contributed by atoms with Crippen LogP contribution in [0.4, 0.5) is 8.78 Å². The minimum Gasteiger partial charge on any atom is -0.494 e. The van der Waals surface area contributed by atoms with Gasteiger partial charge in [-0.25, -0.2) is 9.18 Å². The molecule has 0 N–H and O–H groups in total. The summed E-state index contributed by atoms with van der Waals surface area (Å²) < 4.78 is 40.1. The van der Waals surface area contributed by atoms with Crippen molar-refractivity contribution in [2.45, 2.75) is 84.5 Å². The number of esters is 1. The number of hydrogen-bond donors (Lipinski definition) is 0. The number of benzene rings is 3. The van der Waals surface area contributed by atoms with Gasteiger partial charge in [-0.2, -0.15) is 4.39 Å². The Hall–Kier alpha value is -3.21. The van der Waals surface area contributed by atoms with E-state index >= 15 is 0 Å². The Labute approximate surface area is 226 Å². The molecule has 0 atom stereocenters. The Kier molecular flexibility index (Phi) is 12.3. The van der Waals surface area contributed by atoms with Gasteiger partial charge < -0.3 is 9.47 Å². The van der Waals surface area contributed by atoms with Crippen molar-refractivity contribution in [2.24, 2.45) is 0 Å². The van der Waals surface area contributed by atoms with Crippen molar-refractivity contribution in [1.82, 2.24) is 0 Å². The second-order valence-corrected chi connectivity index (χ2v) is 9.77. The van der Waals surface area contributed by atoms with E-state index in [1.54, 1.807) is 24.3 Å². The summed E-state index contributed by atoms with van der Waals surface area (Å²) in [5.74, 6) is -2.35. The first kappa shape index (κ1) is 29.3. The summed E-state index contributed by atoms with van der Waals surface area (Å²) in [5, 5.41) is 0. The van der Waals surface area contributed by atoms with Gasteiger partial charge in [-0.1, -0.05) is 95.5 Å². The molecule has 0 aromatic heterocycles. The maximum absolute atomic E-state index is 14.6. The van der Waals surface area contributed by atoms with Crippen LogP contribution in [-0.2, 0) is 6.42 Å². The first-order valence-electron chi connectivity index (χ1n) is 14.1. The lowest BCUT2D eigenvalue weighted by atomic mass is 10.0. The number of hydrogen-bond acceptors (Lipinski definition) is 3. The van der Waals surface area contributed by atoms with Gasteiger partial charge in [0.05, 0.1) is 12.2 Å². The highest BCUT2D eigenvalue weighted by molar-refractivity contribution is 5.91. The van der Waals surface area contributed by atoms with Crippen LogP contribution in [-0.4, -0.2) is 12.6 Å². The smallest absolute Gasteiger partial charge is 0.343 e. The van der Waals surface area contributed by atoms with E-state index in [1.807, 2.05) is 24.3 Å². The fourth-order valence-corrected chi connectivity index (χ4v) is 4.36. The molecule has 3 aromatic carbocycles. The van der Waals surface area contributed by atoms with E-state index in [9.17, 15) is 13.6 Å². The molecule has 3 aromatic rings. The van der Waals surface area contributed by atoms with E-state index in [1.165, 1.54) is 37.8 Å². The van der Waals surface area contributed by atoms with Gasteiger partial charge in [-0.3, -0.25) is 0 Å². The van der Waals surface area contributed by atoms with Crippen molar-refractivity contribution in [3.63, 3.8) is 0 Å². The second kappa shape index (κ2) is 15.9. The van der Waals surface area contributed by atoms with E-state index in [0.29, 0.717) is 18.6 Å². The van der Waals surface area contributed by atoms with Crippen molar-refractivity contribution in [2.75, 3.05) is 6.61 Å². The molecule has 0 aliphatic heterocycles.